The molecular formula is C18H14ClN3O3. The maximum atomic E-state index is 12.4. The highest BCUT2D eigenvalue weighted by molar-refractivity contribution is 6.32. The number of aromatic hydroxyl groups is 1. The summed E-state index contributed by atoms with van der Waals surface area (Å²) in [7, 11) is 0. The van der Waals surface area contributed by atoms with E-state index in [-0.39, 0.29) is 17.1 Å². The normalized spacial score (nSPS) is 10.5. The summed E-state index contributed by atoms with van der Waals surface area (Å²) in [6.07, 6.45) is 0. The third-order valence-corrected chi connectivity index (χ3v) is 3.88. The minimum atomic E-state index is -0.715. The highest BCUT2D eigenvalue weighted by atomic mass is 35.5. The first-order chi connectivity index (χ1) is 12.0. The molecular weight excluding hydrogens is 342 g/mol. The van der Waals surface area contributed by atoms with Crippen LogP contribution in [-0.4, -0.2) is 20.8 Å². The molecule has 7 heteroatoms. The molecule has 0 unspecified atom stereocenters. The van der Waals surface area contributed by atoms with Crippen LogP contribution in [0.4, 0.5) is 5.69 Å². The fourth-order valence-electron chi connectivity index (χ4n) is 2.33. The Labute approximate surface area is 148 Å². The lowest BCUT2D eigenvalue weighted by molar-refractivity contribution is 0.101. The van der Waals surface area contributed by atoms with Gasteiger partial charge in [0.2, 0.25) is 5.43 Å². The number of aryl methyl sites for hydroxylation is 1. The Hall–Kier alpha value is -3.12. The first kappa shape index (κ1) is 16.7. The van der Waals surface area contributed by atoms with Crippen LogP contribution in [-0.2, 0) is 0 Å². The van der Waals surface area contributed by atoms with Crippen LogP contribution in [0.1, 0.15) is 16.2 Å². The van der Waals surface area contributed by atoms with E-state index in [4.69, 9.17) is 11.6 Å². The van der Waals surface area contributed by atoms with Gasteiger partial charge in [0.1, 0.15) is 5.75 Å². The minimum Gasteiger partial charge on any atom is -0.506 e. The molecule has 0 atom stereocenters. The second kappa shape index (κ2) is 6.78. The summed E-state index contributed by atoms with van der Waals surface area (Å²) in [5.74, 6) is -0.818. The number of nitrogens with zero attached hydrogens (tertiary/aromatic N) is 2. The van der Waals surface area contributed by atoms with Crippen LogP contribution >= 0.6 is 11.6 Å². The molecule has 0 aliphatic rings. The molecule has 6 nitrogen and oxygen atoms in total. The zero-order valence-corrected chi connectivity index (χ0v) is 14.0. The molecule has 25 heavy (non-hydrogen) atoms. The summed E-state index contributed by atoms with van der Waals surface area (Å²) in [4.78, 5) is 24.6. The SMILES string of the molecule is Cc1cc(=O)c(C(=O)Nc2ccccc2O)nn1-c1ccccc1Cl. The van der Waals surface area contributed by atoms with Gasteiger partial charge in [-0.3, -0.25) is 9.59 Å². The average Bonchev–Trinajstić information content (AvgIpc) is 2.58. The monoisotopic (exact) mass is 355 g/mol. The first-order valence-corrected chi connectivity index (χ1v) is 7.80. The lowest BCUT2D eigenvalue weighted by atomic mass is 10.2. The van der Waals surface area contributed by atoms with E-state index >= 15 is 0 Å². The summed E-state index contributed by atoms with van der Waals surface area (Å²) >= 11 is 6.18. The van der Waals surface area contributed by atoms with Crippen molar-refractivity contribution >= 4 is 23.2 Å². The van der Waals surface area contributed by atoms with Gasteiger partial charge in [0.15, 0.2) is 5.69 Å². The third-order valence-electron chi connectivity index (χ3n) is 3.56. The standard InChI is InChI=1S/C18H14ClN3O3/c1-11-10-16(24)17(18(25)20-13-7-3-5-9-15(13)23)21-22(11)14-8-4-2-6-12(14)19/h2-10,23H,1H3,(H,20,25). The van der Waals surface area contributed by atoms with E-state index < -0.39 is 11.3 Å². The Morgan fingerprint density at radius 2 is 1.84 bits per heavy atom. The number of hydrogen-bond donors (Lipinski definition) is 2. The molecule has 2 N–H and O–H groups in total. The van der Waals surface area contributed by atoms with Gasteiger partial charge in [0.25, 0.3) is 5.91 Å². The van der Waals surface area contributed by atoms with Gasteiger partial charge >= 0.3 is 0 Å². The van der Waals surface area contributed by atoms with Gasteiger partial charge in [0.05, 0.1) is 16.4 Å². The highest BCUT2D eigenvalue weighted by Gasteiger charge is 2.17. The molecule has 0 bridgehead atoms. The maximum absolute atomic E-state index is 12.4. The van der Waals surface area contributed by atoms with E-state index in [0.29, 0.717) is 16.4 Å². The Morgan fingerprint density at radius 1 is 1.16 bits per heavy atom. The second-order valence-corrected chi connectivity index (χ2v) is 5.74. The van der Waals surface area contributed by atoms with Crippen LogP contribution in [0.15, 0.2) is 59.4 Å². The number of anilines is 1. The number of carbonyl (C=O) groups is 1. The van der Waals surface area contributed by atoms with Gasteiger partial charge in [-0.15, -0.1) is 0 Å². The van der Waals surface area contributed by atoms with Crippen molar-refractivity contribution in [3.8, 4) is 11.4 Å². The van der Waals surface area contributed by atoms with Crippen molar-refractivity contribution in [1.29, 1.82) is 0 Å². The molecule has 0 fully saturated rings. The second-order valence-electron chi connectivity index (χ2n) is 5.33. The smallest absolute Gasteiger partial charge is 0.280 e. The van der Waals surface area contributed by atoms with Crippen molar-refractivity contribution in [3.05, 3.63) is 81.2 Å². The van der Waals surface area contributed by atoms with Gasteiger partial charge in [-0.2, -0.15) is 5.10 Å². The molecule has 1 amide bonds. The Bertz CT molecular complexity index is 1010. The molecule has 126 valence electrons. The van der Waals surface area contributed by atoms with Crippen molar-refractivity contribution < 1.29 is 9.90 Å². The summed E-state index contributed by atoms with van der Waals surface area (Å²) in [5.41, 5.74) is 0.469. The van der Waals surface area contributed by atoms with Crippen molar-refractivity contribution in [2.45, 2.75) is 6.92 Å². The maximum Gasteiger partial charge on any atom is 0.280 e. The Kier molecular flexibility index (Phi) is 4.54. The number of halogens is 1. The zero-order valence-electron chi connectivity index (χ0n) is 13.2. The minimum absolute atomic E-state index is 0.102. The molecule has 0 radical (unpaired) electrons. The summed E-state index contributed by atoms with van der Waals surface area (Å²) < 4.78 is 1.43. The number of phenols is 1. The largest absolute Gasteiger partial charge is 0.506 e. The molecule has 1 heterocycles. The first-order valence-electron chi connectivity index (χ1n) is 7.42. The summed E-state index contributed by atoms with van der Waals surface area (Å²) in [6.45, 7) is 1.70. The van der Waals surface area contributed by atoms with Gasteiger partial charge in [-0.05, 0) is 31.2 Å². The van der Waals surface area contributed by atoms with Crippen LogP contribution in [0.5, 0.6) is 5.75 Å². The lowest BCUT2D eigenvalue weighted by Gasteiger charge is -2.12. The van der Waals surface area contributed by atoms with E-state index in [1.165, 1.54) is 22.9 Å². The number of benzene rings is 2. The molecule has 0 saturated carbocycles. The molecule has 0 aliphatic heterocycles. The molecule has 2 aromatic carbocycles. The van der Waals surface area contributed by atoms with Crippen molar-refractivity contribution in [2.24, 2.45) is 0 Å². The van der Waals surface area contributed by atoms with Crippen LogP contribution in [0.2, 0.25) is 5.02 Å². The Morgan fingerprint density at radius 3 is 2.56 bits per heavy atom. The third kappa shape index (κ3) is 3.39. The number of para-hydroxylation sites is 3. The van der Waals surface area contributed by atoms with Crippen LogP contribution in [0.3, 0.4) is 0 Å². The van der Waals surface area contributed by atoms with E-state index in [1.807, 2.05) is 0 Å². The van der Waals surface area contributed by atoms with Crippen LogP contribution in [0.25, 0.3) is 5.69 Å². The zero-order chi connectivity index (χ0) is 18.0. The number of hydrogen-bond acceptors (Lipinski definition) is 4. The quantitative estimate of drug-likeness (QED) is 0.707. The number of nitrogens with one attached hydrogen (secondary N) is 1. The molecule has 0 aliphatic carbocycles. The predicted octanol–water partition coefficient (Wildman–Crippen LogP) is 3.15. The van der Waals surface area contributed by atoms with Crippen LogP contribution < -0.4 is 10.7 Å². The lowest BCUT2D eigenvalue weighted by Crippen LogP contribution is -2.27. The van der Waals surface area contributed by atoms with Gasteiger partial charge in [-0.1, -0.05) is 35.9 Å². The molecule has 3 rings (SSSR count). The number of rotatable bonds is 3. The van der Waals surface area contributed by atoms with Crippen LogP contribution in [0, 0.1) is 6.92 Å². The van der Waals surface area contributed by atoms with Gasteiger partial charge < -0.3 is 10.4 Å². The van der Waals surface area contributed by atoms with E-state index in [2.05, 4.69) is 10.4 Å². The van der Waals surface area contributed by atoms with Crippen molar-refractivity contribution in [1.82, 2.24) is 9.78 Å². The number of amides is 1. The Balaban J connectivity index is 2.04. The fraction of sp³-hybridized carbons (Fsp3) is 0.0556. The summed E-state index contributed by atoms with van der Waals surface area (Å²) in [6, 6.07) is 14.5. The van der Waals surface area contributed by atoms with E-state index in [9.17, 15) is 14.7 Å². The molecule has 1 aromatic heterocycles. The highest BCUT2D eigenvalue weighted by Crippen LogP contribution is 2.22. The summed E-state index contributed by atoms with van der Waals surface area (Å²) in [5, 5.41) is 16.8. The number of phenolic OH excluding ortho intramolecular Hbond substituents is 1. The molecule has 0 saturated heterocycles. The predicted molar refractivity (Wildman–Crippen MR) is 95.6 cm³/mol. The number of carbonyl (C=O) groups excluding carboxylic acids is 1. The molecule has 3 aromatic rings. The number of aromatic nitrogens is 2. The van der Waals surface area contributed by atoms with Gasteiger partial charge in [-0.25, -0.2) is 4.68 Å². The fourth-order valence-corrected chi connectivity index (χ4v) is 2.55. The topological polar surface area (TPSA) is 84.2 Å². The van der Waals surface area contributed by atoms with Crippen molar-refractivity contribution in [3.63, 3.8) is 0 Å². The van der Waals surface area contributed by atoms with Crippen molar-refractivity contribution in [2.75, 3.05) is 5.32 Å². The van der Waals surface area contributed by atoms with E-state index in [0.717, 1.165) is 0 Å². The van der Waals surface area contributed by atoms with E-state index in [1.54, 1.807) is 43.3 Å². The van der Waals surface area contributed by atoms with Gasteiger partial charge in [0, 0.05) is 11.8 Å². The molecule has 0 spiro atoms. The average molecular weight is 356 g/mol.